The zero-order chi connectivity index (χ0) is 20.0. The van der Waals surface area contributed by atoms with Gasteiger partial charge in [-0.25, -0.2) is 9.97 Å². The van der Waals surface area contributed by atoms with Gasteiger partial charge in [0.25, 0.3) is 0 Å². The van der Waals surface area contributed by atoms with Crippen molar-refractivity contribution < 1.29 is 18.0 Å². The van der Waals surface area contributed by atoms with Crippen LogP contribution in [0.3, 0.4) is 0 Å². The highest BCUT2D eigenvalue weighted by atomic mass is 19.4. The third-order valence-electron chi connectivity index (χ3n) is 3.91. The Balaban J connectivity index is 1.53. The van der Waals surface area contributed by atoms with Gasteiger partial charge in [-0.2, -0.15) is 13.2 Å². The molecule has 3 aromatic rings. The number of carbonyl (C=O) groups excluding carboxylic acids is 1. The number of amides is 1. The van der Waals surface area contributed by atoms with Crippen LogP contribution in [0.25, 0.3) is 17.5 Å². The average Bonchev–Trinajstić information content (AvgIpc) is 2.71. The third-order valence-corrected chi connectivity index (χ3v) is 3.91. The number of carbonyl (C=O) groups is 1. The van der Waals surface area contributed by atoms with E-state index in [0.29, 0.717) is 17.9 Å². The number of alkyl halides is 3. The number of benzene rings is 2. The number of hydrogen-bond acceptors (Lipinski definition) is 3. The zero-order valence-corrected chi connectivity index (χ0v) is 14.6. The molecule has 0 atom stereocenters. The van der Waals surface area contributed by atoms with Gasteiger partial charge in [0.15, 0.2) is 5.82 Å². The molecule has 4 nitrogen and oxygen atoms in total. The SMILES string of the molecule is O=C(C=Cc1ccc(C(F)(F)F)cc1)NCc1ccc(-c2ncccn2)cc1. The Morgan fingerprint density at radius 1 is 0.964 bits per heavy atom. The zero-order valence-electron chi connectivity index (χ0n) is 14.6. The molecule has 1 aromatic heterocycles. The summed E-state index contributed by atoms with van der Waals surface area (Å²) in [6, 6.07) is 13.8. The smallest absolute Gasteiger partial charge is 0.348 e. The fourth-order valence-electron chi connectivity index (χ4n) is 2.42. The Kier molecular flexibility index (Phi) is 5.84. The molecule has 0 unspecified atom stereocenters. The van der Waals surface area contributed by atoms with Gasteiger partial charge in [0.1, 0.15) is 0 Å². The summed E-state index contributed by atoms with van der Waals surface area (Å²) in [5.74, 6) is 0.285. The first-order chi connectivity index (χ1) is 13.4. The summed E-state index contributed by atoms with van der Waals surface area (Å²) in [5.41, 5.74) is 1.56. The second kappa shape index (κ2) is 8.47. The van der Waals surface area contributed by atoms with Gasteiger partial charge < -0.3 is 5.32 Å². The average molecular weight is 383 g/mol. The number of hydrogen-bond donors (Lipinski definition) is 1. The highest BCUT2D eigenvalue weighted by Crippen LogP contribution is 2.29. The molecule has 0 fully saturated rings. The van der Waals surface area contributed by atoms with E-state index in [1.54, 1.807) is 18.5 Å². The van der Waals surface area contributed by atoms with E-state index in [2.05, 4.69) is 15.3 Å². The second-order valence-corrected chi connectivity index (χ2v) is 5.94. The first kappa shape index (κ1) is 19.3. The molecule has 0 aliphatic heterocycles. The molecule has 0 saturated heterocycles. The van der Waals surface area contributed by atoms with Gasteiger partial charge in [0.05, 0.1) is 5.56 Å². The van der Waals surface area contributed by atoms with Gasteiger partial charge in [-0.3, -0.25) is 4.79 Å². The Labute approximate surface area is 159 Å². The van der Waals surface area contributed by atoms with Crippen molar-refractivity contribution in [2.24, 2.45) is 0 Å². The van der Waals surface area contributed by atoms with Crippen LogP contribution >= 0.6 is 0 Å². The van der Waals surface area contributed by atoms with Gasteiger partial charge in [-0.15, -0.1) is 0 Å². The molecule has 0 aliphatic carbocycles. The minimum absolute atomic E-state index is 0.326. The second-order valence-electron chi connectivity index (χ2n) is 5.94. The van der Waals surface area contributed by atoms with Crippen molar-refractivity contribution in [3.8, 4) is 11.4 Å². The lowest BCUT2D eigenvalue weighted by atomic mass is 10.1. The van der Waals surface area contributed by atoms with Crippen molar-refractivity contribution in [1.82, 2.24) is 15.3 Å². The summed E-state index contributed by atoms with van der Waals surface area (Å²) < 4.78 is 37.6. The summed E-state index contributed by atoms with van der Waals surface area (Å²) in [4.78, 5) is 20.3. The fraction of sp³-hybridized carbons (Fsp3) is 0.0952. The van der Waals surface area contributed by atoms with E-state index >= 15 is 0 Å². The van der Waals surface area contributed by atoms with Crippen LogP contribution in [0.15, 0.2) is 73.1 Å². The van der Waals surface area contributed by atoms with E-state index in [4.69, 9.17) is 0 Å². The van der Waals surface area contributed by atoms with Crippen molar-refractivity contribution >= 4 is 12.0 Å². The molecule has 3 rings (SSSR count). The summed E-state index contributed by atoms with van der Waals surface area (Å²) in [6.07, 6.45) is 1.71. The molecular weight excluding hydrogens is 367 g/mol. The van der Waals surface area contributed by atoms with Crippen LogP contribution in [0.4, 0.5) is 13.2 Å². The minimum atomic E-state index is -4.37. The first-order valence-corrected chi connectivity index (χ1v) is 8.41. The molecule has 2 aromatic carbocycles. The predicted octanol–water partition coefficient (Wildman–Crippen LogP) is 4.49. The van der Waals surface area contributed by atoms with E-state index in [9.17, 15) is 18.0 Å². The van der Waals surface area contributed by atoms with Crippen LogP contribution in [0.2, 0.25) is 0 Å². The van der Waals surface area contributed by atoms with E-state index in [1.165, 1.54) is 24.3 Å². The van der Waals surface area contributed by atoms with Crippen molar-refractivity contribution in [2.45, 2.75) is 12.7 Å². The van der Waals surface area contributed by atoms with Crippen LogP contribution in [-0.4, -0.2) is 15.9 Å². The first-order valence-electron chi connectivity index (χ1n) is 8.41. The molecule has 28 heavy (non-hydrogen) atoms. The molecule has 0 saturated carbocycles. The number of halogens is 3. The molecule has 7 heteroatoms. The molecule has 142 valence electrons. The predicted molar refractivity (Wildman–Crippen MR) is 99.8 cm³/mol. The maximum Gasteiger partial charge on any atom is 0.416 e. The van der Waals surface area contributed by atoms with Gasteiger partial charge in [0.2, 0.25) is 5.91 Å². The summed E-state index contributed by atoms with van der Waals surface area (Å²) in [5, 5.41) is 2.73. The summed E-state index contributed by atoms with van der Waals surface area (Å²) in [6.45, 7) is 0.326. The van der Waals surface area contributed by atoms with Gasteiger partial charge in [0, 0.05) is 30.6 Å². The number of aromatic nitrogens is 2. The Morgan fingerprint density at radius 3 is 2.21 bits per heavy atom. The number of nitrogens with zero attached hydrogens (tertiary/aromatic N) is 2. The van der Waals surface area contributed by atoms with Crippen LogP contribution < -0.4 is 5.32 Å². The van der Waals surface area contributed by atoms with E-state index in [0.717, 1.165) is 23.3 Å². The van der Waals surface area contributed by atoms with E-state index in [1.807, 2.05) is 24.3 Å². The molecule has 1 amide bonds. The molecular formula is C21H16F3N3O. The van der Waals surface area contributed by atoms with Crippen molar-refractivity contribution in [1.29, 1.82) is 0 Å². The Hall–Kier alpha value is -3.48. The number of nitrogens with one attached hydrogen (secondary N) is 1. The quantitative estimate of drug-likeness (QED) is 0.661. The van der Waals surface area contributed by atoms with Crippen molar-refractivity contribution in [2.75, 3.05) is 0 Å². The van der Waals surface area contributed by atoms with Crippen LogP contribution in [0, 0.1) is 0 Å². The number of rotatable bonds is 5. The van der Waals surface area contributed by atoms with Crippen LogP contribution in [-0.2, 0) is 17.5 Å². The molecule has 0 aliphatic rings. The topological polar surface area (TPSA) is 54.9 Å². The maximum atomic E-state index is 12.5. The molecule has 0 radical (unpaired) electrons. The highest BCUT2D eigenvalue weighted by Gasteiger charge is 2.29. The molecule has 1 N–H and O–H groups in total. The van der Waals surface area contributed by atoms with Crippen LogP contribution in [0.1, 0.15) is 16.7 Å². The maximum absolute atomic E-state index is 12.5. The van der Waals surface area contributed by atoms with Gasteiger partial charge in [-0.05, 0) is 35.4 Å². The van der Waals surface area contributed by atoms with E-state index in [-0.39, 0.29) is 5.91 Å². The van der Waals surface area contributed by atoms with Crippen LogP contribution in [0.5, 0.6) is 0 Å². The minimum Gasteiger partial charge on any atom is -0.348 e. The monoisotopic (exact) mass is 383 g/mol. The summed E-state index contributed by atoms with van der Waals surface area (Å²) in [7, 11) is 0. The largest absolute Gasteiger partial charge is 0.416 e. The van der Waals surface area contributed by atoms with Crippen molar-refractivity contribution in [3.05, 3.63) is 89.8 Å². The third kappa shape index (κ3) is 5.26. The van der Waals surface area contributed by atoms with Gasteiger partial charge in [-0.1, -0.05) is 36.4 Å². The normalized spacial score (nSPS) is 11.5. The molecule has 0 bridgehead atoms. The van der Waals surface area contributed by atoms with Gasteiger partial charge >= 0.3 is 6.18 Å². The highest BCUT2D eigenvalue weighted by molar-refractivity contribution is 5.91. The fourth-order valence-corrected chi connectivity index (χ4v) is 2.42. The van der Waals surface area contributed by atoms with E-state index < -0.39 is 11.7 Å². The molecule has 1 heterocycles. The Bertz CT molecular complexity index is 951. The lowest BCUT2D eigenvalue weighted by Gasteiger charge is -2.06. The molecule has 0 spiro atoms. The standard InChI is InChI=1S/C21H16F3N3O/c22-21(23,24)18-9-4-15(5-10-18)6-11-19(28)27-14-16-2-7-17(8-3-16)20-25-12-1-13-26-20/h1-13H,14H2,(H,27,28). The van der Waals surface area contributed by atoms with Crippen molar-refractivity contribution in [3.63, 3.8) is 0 Å². The lowest BCUT2D eigenvalue weighted by molar-refractivity contribution is -0.137. The Morgan fingerprint density at radius 2 is 1.61 bits per heavy atom. The lowest BCUT2D eigenvalue weighted by Crippen LogP contribution is -2.20. The summed E-state index contributed by atoms with van der Waals surface area (Å²) >= 11 is 0.